The van der Waals surface area contributed by atoms with Crippen LogP contribution in [0, 0.1) is 6.92 Å². The van der Waals surface area contributed by atoms with Gasteiger partial charge in [-0.2, -0.15) is 0 Å². The van der Waals surface area contributed by atoms with Crippen LogP contribution in [0.2, 0.25) is 0 Å². The smallest absolute Gasteiger partial charge is 0.328 e. The number of urea groups is 1. The average Bonchev–Trinajstić information content (AvgIpc) is 3.34. The minimum absolute atomic E-state index is 0.210. The predicted octanol–water partition coefficient (Wildman–Crippen LogP) is 2.72. The number of aryl methyl sites for hydroxylation is 1. The maximum absolute atomic E-state index is 13.4. The number of anilines is 1. The fraction of sp³-hybridized carbons (Fsp3) is 0.292. The van der Waals surface area contributed by atoms with Crippen LogP contribution in [0.3, 0.4) is 0 Å². The minimum Gasteiger partial charge on any atom is -0.383 e. The standard InChI is InChI=1S/C24H25N5O3/c1-16-8-7-11-18(14-16)29-19(17-9-5-4-6-10-17)15-28-20-21(25-23(28)29)26(2)24(31)27(22(20)30)12-13-32-3/h4-11,14-15,20-21H,12-13H2,1-3H3. The Kier molecular flexibility index (Phi) is 4.94. The number of hydrogen-bond acceptors (Lipinski definition) is 6. The Morgan fingerprint density at radius 1 is 1.06 bits per heavy atom. The van der Waals surface area contributed by atoms with Gasteiger partial charge in [-0.05, 0) is 24.6 Å². The number of likely N-dealkylation sites (N-methyl/N-ethyl adjacent to an activating group) is 1. The summed E-state index contributed by atoms with van der Waals surface area (Å²) in [7, 11) is 3.24. The molecule has 2 aromatic carbocycles. The number of fused-ring (bicyclic) bond motifs is 3. The first-order valence-corrected chi connectivity index (χ1v) is 10.6. The van der Waals surface area contributed by atoms with Crippen molar-refractivity contribution in [2.45, 2.75) is 19.1 Å². The first kappa shape index (κ1) is 20.3. The van der Waals surface area contributed by atoms with Crippen LogP contribution in [-0.4, -0.2) is 72.1 Å². The second kappa shape index (κ2) is 7.80. The quantitative estimate of drug-likeness (QED) is 0.728. The van der Waals surface area contributed by atoms with Gasteiger partial charge in [0.15, 0.2) is 12.2 Å². The molecule has 2 atom stereocenters. The Morgan fingerprint density at radius 3 is 2.56 bits per heavy atom. The van der Waals surface area contributed by atoms with Crippen LogP contribution >= 0.6 is 0 Å². The van der Waals surface area contributed by atoms with Crippen molar-refractivity contribution in [3.8, 4) is 0 Å². The highest BCUT2D eigenvalue weighted by Crippen LogP contribution is 2.40. The molecule has 0 aliphatic carbocycles. The molecule has 3 heterocycles. The molecule has 8 heteroatoms. The molecule has 32 heavy (non-hydrogen) atoms. The predicted molar refractivity (Wildman–Crippen MR) is 122 cm³/mol. The third kappa shape index (κ3) is 3.06. The van der Waals surface area contributed by atoms with Gasteiger partial charge in [-0.1, -0.05) is 42.5 Å². The Labute approximate surface area is 187 Å². The van der Waals surface area contributed by atoms with E-state index in [4.69, 9.17) is 9.73 Å². The van der Waals surface area contributed by atoms with E-state index in [2.05, 4.69) is 11.0 Å². The minimum atomic E-state index is -0.613. The van der Waals surface area contributed by atoms with Crippen LogP contribution in [0.5, 0.6) is 0 Å². The number of benzene rings is 2. The molecule has 3 aliphatic heterocycles. The van der Waals surface area contributed by atoms with Crippen molar-refractivity contribution in [2.75, 3.05) is 32.2 Å². The van der Waals surface area contributed by atoms with Gasteiger partial charge in [-0.25, -0.2) is 9.79 Å². The molecule has 0 aromatic heterocycles. The van der Waals surface area contributed by atoms with E-state index in [0.29, 0.717) is 5.96 Å². The lowest BCUT2D eigenvalue weighted by Gasteiger charge is -2.40. The third-order valence-electron chi connectivity index (χ3n) is 6.06. The number of aliphatic imine (C=N–C) groups is 1. The van der Waals surface area contributed by atoms with Crippen molar-refractivity contribution in [1.29, 1.82) is 0 Å². The lowest BCUT2D eigenvalue weighted by Crippen LogP contribution is -2.64. The summed E-state index contributed by atoms with van der Waals surface area (Å²) in [6.07, 6.45) is 1.39. The fourth-order valence-corrected chi connectivity index (χ4v) is 4.46. The van der Waals surface area contributed by atoms with E-state index in [1.807, 2.05) is 66.6 Å². The molecule has 3 amide bonds. The summed E-state index contributed by atoms with van der Waals surface area (Å²) in [6.45, 7) is 2.54. The van der Waals surface area contributed by atoms with Gasteiger partial charge in [0.25, 0.3) is 5.91 Å². The first-order valence-electron chi connectivity index (χ1n) is 10.6. The number of imide groups is 1. The van der Waals surface area contributed by atoms with E-state index in [9.17, 15) is 9.59 Å². The normalized spacial score (nSPS) is 22.2. The van der Waals surface area contributed by atoms with Gasteiger partial charge in [0, 0.05) is 31.6 Å². The second-order valence-electron chi connectivity index (χ2n) is 8.13. The second-order valence-corrected chi connectivity index (χ2v) is 8.13. The zero-order valence-electron chi connectivity index (χ0n) is 18.3. The molecule has 0 N–H and O–H groups in total. The van der Waals surface area contributed by atoms with E-state index in [0.717, 1.165) is 22.5 Å². The monoisotopic (exact) mass is 431 g/mol. The SMILES string of the molecule is COCCN1C(=O)C2C(N=C3N(c4cccc(C)c4)C(c4ccccc4)=CN32)N(C)C1=O. The Morgan fingerprint density at radius 2 is 1.84 bits per heavy atom. The number of hydrogen-bond donors (Lipinski definition) is 0. The lowest BCUT2D eigenvalue weighted by atomic mass is 10.1. The van der Waals surface area contributed by atoms with Crippen molar-refractivity contribution in [2.24, 2.45) is 4.99 Å². The lowest BCUT2D eigenvalue weighted by molar-refractivity contribution is -0.137. The van der Waals surface area contributed by atoms with Gasteiger partial charge < -0.3 is 9.64 Å². The van der Waals surface area contributed by atoms with Gasteiger partial charge in [0.1, 0.15) is 0 Å². The zero-order chi connectivity index (χ0) is 22.4. The molecular formula is C24H25N5O3. The number of rotatable bonds is 5. The summed E-state index contributed by atoms with van der Waals surface area (Å²) in [5, 5.41) is 0. The summed E-state index contributed by atoms with van der Waals surface area (Å²) in [5.74, 6) is 0.384. The molecule has 8 nitrogen and oxygen atoms in total. The van der Waals surface area contributed by atoms with Crippen molar-refractivity contribution in [1.82, 2.24) is 14.7 Å². The molecule has 0 bridgehead atoms. The van der Waals surface area contributed by atoms with Crippen LogP contribution in [0.25, 0.3) is 5.70 Å². The number of methoxy groups -OCH3 is 1. The Balaban J connectivity index is 1.60. The van der Waals surface area contributed by atoms with E-state index < -0.39 is 12.2 Å². The average molecular weight is 431 g/mol. The highest BCUT2D eigenvalue weighted by Gasteiger charge is 2.54. The Hall–Kier alpha value is -3.65. The molecule has 2 unspecified atom stereocenters. The summed E-state index contributed by atoms with van der Waals surface area (Å²) >= 11 is 0. The number of carbonyl (C=O) groups is 2. The van der Waals surface area contributed by atoms with Crippen molar-refractivity contribution in [3.05, 3.63) is 71.9 Å². The molecule has 0 radical (unpaired) electrons. The largest absolute Gasteiger partial charge is 0.383 e. The first-order chi connectivity index (χ1) is 15.5. The van der Waals surface area contributed by atoms with Crippen LogP contribution in [0.15, 0.2) is 65.8 Å². The molecular weight excluding hydrogens is 406 g/mol. The molecule has 3 aliphatic rings. The number of nitrogens with zero attached hydrogens (tertiary/aromatic N) is 5. The number of ether oxygens (including phenoxy) is 1. The van der Waals surface area contributed by atoms with Gasteiger partial charge in [-0.15, -0.1) is 0 Å². The molecule has 5 rings (SSSR count). The third-order valence-corrected chi connectivity index (χ3v) is 6.06. The molecule has 1 fully saturated rings. The molecule has 0 saturated carbocycles. The summed E-state index contributed by atoms with van der Waals surface area (Å²) in [4.78, 5) is 37.9. The van der Waals surface area contributed by atoms with Crippen molar-refractivity contribution >= 4 is 29.3 Å². The molecule has 1 saturated heterocycles. The highest BCUT2D eigenvalue weighted by molar-refractivity contribution is 6.16. The van der Waals surface area contributed by atoms with Crippen molar-refractivity contribution < 1.29 is 14.3 Å². The fourth-order valence-electron chi connectivity index (χ4n) is 4.46. The van der Waals surface area contributed by atoms with Gasteiger partial charge in [0.2, 0.25) is 5.96 Å². The maximum Gasteiger partial charge on any atom is 0.328 e. The van der Waals surface area contributed by atoms with Crippen LogP contribution < -0.4 is 4.90 Å². The molecule has 2 aromatic rings. The van der Waals surface area contributed by atoms with Crippen LogP contribution in [-0.2, 0) is 9.53 Å². The van der Waals surface area contributed by atoms with Crippen molar-refractivity contribution in [3.63, 3.8) is 0 Å². The van der Waals surface area contributed by atoms with E-state index in [1.165, 1.54) is 9.80 Å². The maximum atomic E-state index is 13.4. The van der Waals surface area contributed by atoms with Crippen LogP contribution in [0.4, 0.5) is 10.5 Å². The Bertz CT molecular complexity index is 1130. The van der Waals surface area contributed by atoms with Gasteiger partial charge >= 0.3 is 6.03 Å². The number of carbonyl (C=O) groups excluding carboxylic acids is 2. The highest BCUT2D eigenvalue weighted by atomic mass is 16.5. The number of amides is 3. The van der Waals surface area contributed by atoms with E-state index in [1.54, 1.807) is 14.2 Å². The van der Waals surface area contributed by atoms with E-state index in [-0.39, 0.29) is 25.1 Å². The molecule has 0 spiro atoms. The summed E-state index contributed by atoms with van der Waals surface area (Å²) < 4.78 is 5.11. The van der Waals surface area contributed by atoms with E-state index >= 15 is 0 Å². The molecule has 164 valence electrons. The number of guanidine groups is 1. The zero-order valence-corrected chi connectivity index (χ0v) is 18.3. The summed E-state index contributed by atoms with van der Waals surface area (Å²) in [5.41, 5.74) is 4.03. The summed E-state index contributed by atoms with van der Waals surface area (Å²) in [6, 6.07) is 17.2. The topological polar surface area (TPSA) is 68.7 Å². The van der Waals surface area contributed by atoms with Gasteiger partial charge in [-0.3, -0.25) is 19.5 Å². The van der Waals surface area contributed by atoms with Crippen LogP contribution in [0.1, 0.15) is 11.1 Å². The van der Waals surface area contributed by atoms with Gasteiger partial charge in [0.05, 0.1) is 18.8 Å².